The van der Waals surface area contributed by atoms with Crippen LogP contribution in [-0.2, 0) is 0 Å². The van der Waals surface area contributed by atoms with E-state index < -0.39 is 6.10 Å². The smallest absolute Gasteiger partial charge is 0.140 e. The monoisotopic (exact) mass is 249 g/mol. The molecular formula is C15H11N3O. The van der Waals surface area contributed by atoms with Gasteiger partial charge in [0, 0.05) is 0 Å². The third kappa shape index (κ3) is 1.96. The number of aromatic nitrogens is 2. The van der Waals surface area contributed by atoms with Crippen molar-refractivity contribution >= 4 is 11.0 Å². The Morgan fingerprint density at radius 2 is 1.89 bits per heavy atom. The van der Waals surface area contributed by atoms with Crippen LogP contribution in [0.1, 0.15) is 23.1 Å². The lowest BCUT2D eigenvalue weighted by Gasteiger charge is -2.06. The normalized spacial score (nSPS) is 12.2. The van der Waals surface area contributed by atoms with Crippen LogP contribution in [0.25, 0.3) is 11.0 Å². The first-order valence-corrected chi connectivity index (χ1v) is 5.91. The standard InChI is InChI=1S/C15H11N3O/c16-9-11-7-4-8-12-13(11)18-15(17-12)14(19)10-5-2-1-3-6-10/h1-8,14,19H,(H,17,18). The molecule has 0 spiro atoms. The Morgan fingerprint density at radius 3 is 2.63 bits per heavy atom. The number of para-hydroxylation sites is 1. The number of nitriles is 1. The van der Waals surface area contributed by atoms with Gasteiger partial charge in [0.25, 0.3) is 0 Å². The van der Waals surface area contributed by atoms with Gasteiger partial charge in [-0.15, -0.1) is 0 Å². The van der Waals surface area contributed by atoms with Gasteiger partial charge in [-0.25, -0.2) is 4.98 Å². The molecular weight excluding hydrogens is 238 g/mol. The van der Waals surface area contributed by atoms with Crippen molar-refractivity contribution in [3.8, 4) is 6.07 Å². The third-order valence-electron chi connectivity index (χ3n) is 3.03. The minimum atomic E-state index is -0.819. The van der Waals surface area contributed by atoms with E-state index in [0.717, 1.165) is 11.1 Å². The third-order valence-corrected chi connectivity index (χ3v) is 3.03. The maximum absolute atomic E-state index is 10.3. The highest BCUT2D eigenvalue weighted by atomic mass is 16.3. The number of nitrogens with zero attached hydrogens (tertiary/aromatic N) is 2. The molecule has 19 heavy (non-hydrogen) atoms. The number of fused-ring (bicyclic) bond motifs is 1. The number of aliphatic hydroxyl groups excluding tert-OH is 1. The SMILES string of the molecule is N#Cc1cccc2[nH]c(C(O)c3ccccc3)nc12. The van der Waals surface area contributed by atoms with E-state index in [1.54, 1.807) is 12.1 Å². The molecule has 1 unspecified atom stereocenters. The molecule has 1 aromatic heterocycles. The molecule has 0 saturated carbocycles. The summed E-state index contributed by atoms with van der Waals surface area (Å²) in [6.45, 7) is 0. The number of rotatable bonds is 2. The van der Waals surface area contributed by atoms with Gasteiger partial charge in [-0.05, 0) is 17.7 Å². The van der Waals surface area contributed by atoms with Crippen LogP contribution in [0.2, 0.25) is 0 Å². The number of hydrogen-bond acceptors (Lipinski definition) is 3. The van der Waals surface area contributed by atoms with E-state index in [1.165, 1.54) is 0 Å². The summed E-state index contributed by atoms with van der Waals surface area (Å²) < 4.78 is 0. The fraction of sp³-hybridized carbons (Fsp3) is 0.0667. The van der Waals surface area contributed by atoms with Gasteiger partial charge < -0.3 is 10.1 Å². The van der Waals surface area contributed by atoms with Crippen molar-refractivity contribution in [1.29, 1.82) is 5.26 Å². The molecule has 0 saturated heterocycles. The van der Waals surface area contributed by atoms with Gasteiger partial charge in [0.1, 0.15) is 23.5 Å². The minimum Gasteiger partial charge on any atom is -0.380 e. The van der Waals surface area contributed by atoms with Crippen molar-refractivity contribution in [3.05, 3.63) is 65.5 Å². The van der Waals surface area contributed by atoms with Gasteiger partial charge in [0.15, 0.2) is 0 Å². The van der Waals surface area contributed by atoms with Crippen LogP contribution in [0.15, 0.2) is 48.5 Å². The van der Waals surface area contributed by atoms with Crippen molar-refractivity contribution in [3.63, 3.8) is 0 Å². The second-order valence-electron chi connectivity index (χ2n) is 4.25. The van der Waals surface area contributed by atoms with Gasteiger partial charge in [0.2, 0.25) is 0 Å². The summed E-state index contributed by atoms with van der Waals surface area (Å²) in [5, 5.41) is 19.3. The summed E-state index contributed by atoms with van der Waals surface area (Å²) >= 11 is 0. The molecule has 4 nitrogen and oxygen atoms in total. The Hall–Kier alpha value is -2.64. The molecule has 4 heteroatoms. The van der Waals surface area contributed by atoms with Crippen LogP contribution in [0.4, 0.5) is 0 Å². The van der Waals surface area contributed by atoms with E-state index >= 15 is 0 Å². The summed E-state index contributed by atoms with van der Waals surface area (Å²) in [6.07, 6.45) is -0.819. The van der Waals surface area contributed by atoms with Crippen molar-refractivity contribution in [2.45, 2.75) is 6.10 Å². The zero-order valence-electron chi connectivity index (χ0n) is 10.0. The van der Waals surface area contributed by atoms with Crippen LogP contribution in [0.5, 0.6) is 0 Å². The summed E-state index contributed by atoms with van der Waals surface area (Å²) in [5.74, 6) is 0.448. The molecule has 0 aliphatic carbocycles. The molecule has 0 aliphatic rings. The highest BCUT2D eigenvalue weighted by molar-refractivity contribution is 5.81. The van der Waals surface area contributed by atoms with Crippen molar-refractivity contribution in [1.82, 2.24) is 9.97 Å². The van der Waals surface area contributed by atoms with Gasteiger partial charge in [-0.1, -0.05) is 36.4 Å². The fourth-order valence-electron chi connectivity index (χ4n) is 2.06. The molecule has 3 aromatic rings. The number of imidazole rings is 1. The molecule has 92 valence electrons. The van der Waals surface area contributed by atoms with Crippen LogP contribution in [-0.4, -0.2) is 15.1 Å². The largest absolute Gasteiger partial charge is 0.380 e. The molecule has 3 rings (SSSR count). The summed E-state index contributed by atoms with van der Waals surface area (Å²) in [6, 6.07) is 16.7. The van der Waals surface area contributed by atoms with E-state index in [2.05, 4.69) is 16.0 Å². The summed E-state index contributed by atoms with van der Waals surface area (Å²) in [7, 11) is 0. The van der Waals surface area contributed by atoms with E-state index in [4.69, 9.17) is 5.26 Å². The van der Waals surface area contributed by atoms with Crippen LogP contribution in [0, 0.1) is 11.3 Å². The second kappa shape index (κ2) is 4.56. The molecule has 0 radical (unpaired) electrons. The lowest BCUT2D eigenvalue weighted by molar-refractivity contribution is 0.211. The first-order chi connectivity index (χ1) is 9.29. The van der Waals surface area contributed by atoms with Crippen molar-refractivity contribution in [2.24, 2.45) is 0 Å². The maximum Gasteiger partial charge on any atom is 0.140 e. The first-order valence-electron chi connectivity index (χ1n) is 5.91. The van der Waals surface area contributed by atoms with Gasteiger partial charge in [0.05, 0.1) is 11.1 Å². The predicted molar refractivity (Wildman–Crippen MR) is 71.3 cm³/mol. The number of nitrogens with one attached hydrogen (secondary N) is 1. The quantitative estimate of drug-likeness (QED) is 0.733. The molecule has 0 aliphatic heterocycles. The van der Waals surface area contributed by atoms with E-state index in [9.17, 15) is 5.11 Å². The zero-order valence-corrected chi connectivity index (χ0v) is 10.0. The van der Waals surface area contributed by atoms with Crippen LogP contribution < -0.4 is 0 Å². The Bertz CT molecular complexity index is 756. The highest BCUT2D eigenvalue weighted by Crippen LogP contribution is 2.23. The molecule has 1 atom stereocenters. The number of aromatic amines is 1. The highest BCUT2D eigenvalue weighted by Gasteiger charge is 2.15. The topological polar surface area (TPSA) is 72.7 Å². The number of hydrogen-bond donors (Lipinski definition) is 2. The Kier molecular flexibility index (Phi) is 2.75. The number of aliphatic hydroxyl groups is 1. The molecule has 0 fully saturated rings. The average molecular weight is 249 g/mol. The molecule has 0 amide bonds. The van der Waals surface area contributed by atoms with Crippen LogP contribution in [0.3, 0.4) is 0 Å². The molecule has 2 N–H and O–H groups in total. The predicted octanol–water partition coefficient (Wildman–Crippen LogP) is 2.52. The second-order valence-corrected chi connectivity index (χ2v) is 4.25. The van der Waals surface area contributed by atoms with Crippen LogP contribution >= 0.6 is 0 Å². The molecule has 1 heterocycles. The lowest BCUT2D eigenvalue weighted by atomic mass is 10.1. The molecule has 0 bridgehead atoms. The minimum absolute atomic E-state index is 0.448. The zero-order chi connectivity index (χ0) is 13.2. The maximum atomic E-state index is 10.3. The van der Waals surface area contributed by atoms with Crippen molar-refractivity contribution in [2.75, 3.05) is 0 Å². The van der Waals surface area contributed by atoms with Gasteiger partial charge in [-0.3, -0.25) is 0 Å². The summed E-state index contributed by atoms with van der Waals surface area (Å²) in [4.78, 5) is 7.39. The fourth-order valence-corrected chi connectivity index (χ4v) is 2.06. The van der Waals surface area contributed by atoms with E-state index in [-0.39, 0.29) is 0 Å². The van der Waals surface area contributed by atoms with E-state index in [1.807, 2.05) is 36.4 Å². The average Bonchev–Trinajstić information content (AvgIpc) is 2.91. The van der Waals surface area contributed by atoms with Gasteiger partial charge >= 0.3 is 0 Å². The van der Waals surface area contributed by atoms with Crippen molar-refractivity contribution < 1.29 is 5.11 Å². The number of benzene rings is 2. The van der Waals surface area contributed by atoms with Gasteiger partial charge in [-0.2, -0.15) is 5.26 Å². The van der Waals surface area contributed by atoms with E-state index in [0.29, 0.717) is 16.9 Å². The Balaban J connectivity index is 2.10. The Morgan fingerprint density at radius 1 is 1.11 bits per heavy atom. The number of H-pyrrole nitrogens is 1. The first kappa shape index (κ1) is 11.5. The lowest BCUT2D eigenvalue weighted by Crippen LogP contribution is -2.01. The summed E-state index contributed by atoms with van der Waals surface area (Å²) in [5.41, 5.74) is 2.61. The Labute approximate surface area is 110 Å². The molecule has 2 aromatic carbocycles.